The Kier molecular flexibility index (Phi) is 2.77. The molecule has 2 rings (SSSR count). The van der Waals surface area contributed by atoms with Crippen LogP contribution in [0.1, 0.15) is 12.8 Å². The molecule has 0 aromatic heterocycles. The SMILES string of the molecule is O=S(=O)(O)c1ccc(O)c(N2CCCC2)c1. The van der Waals surface area contributed by atoms with Crippen LogP contribution in [-0.2, 0) is 10.1 Å². The molecule has 1 aromatic rings. The molecule has 0 spiro atoms. The average Bonchev–Trinajstić information content (AvgIpc) is 2.69. The number of benzene rings is 1. The first-order valence-electron chi connectivity index (χ1n) is 5.04. The molecule has 1 heterocycles. The zero-order chi connectivity index (χ0) is 11.8. The number of rotatable bonds is 2. The van der Waals surface area contributed by atoms with E-state index in [0.29, 0.717) is 5.69 Å². The van der Waals surface area contributed by atoms with Crippen molar-refractivity contribution in [3.63, 3.8) is 0 Å². The predicted molar refractivity (Wildman–Crippen MR) is 59.4 cm³/mol. The molecule has 1 fully saturated rings. The lowest BCUT2D eigenvalue weighted by atomic mass is 10.2. The molecule has 0 bridgehead atoms. The van der Waals surface area contributed by atoms with Crippen LogP contribution >= 0.6 is 0 Å². The molecule has 1 aliphatic rings. The normalized spacial score (nSPS) is 16.7. The molecule has 1 saturated heterocycles. The van der Waals surface area contributed by atoms with Crippen molar-refractivity contribution in [2.45, 2.75) is 17.7 Å². The van der Waals surface area contributed by atoms with E-state index in [-0.39, 0.29) is 10.6 Å². The van der Waals surface area contributed by atoms with Crippen LogP contribution in [-0.4, -0.2) is 31.2 Å². The van der Waals surface area contributed by atoms with E-state index in [1.54, 1.807) is 0 Å². The number of phenols is 1. The number of hydrogen-bond acceptors (Lipinski definition) is 4. The Morgan fingerprint density at radius 3 is 2.38 bits per heavy atom. The molecule has 1 aliphatic heterocycles. The maximum Gasteiger partial charge on any atom is 0.294 e. The van der Waals surface area contributed by atoms with Gasteiger partial charge in [0.05, 0.1) is 10.6 Å². The van der Waals surface area contributed by atoms with Crippen molar-refractivity contribution >= 4 is 15.8 Å². The van der Waals surface area contributed by atoms with Crippen LogP contribution in [0.5, 0.6) is 5.75 Å². The van der Waals surface area contributed by atoms with Gasteiger partial charge in [0.15, 0.2) is 0 Å². The van der Waals surface area contributed by atoms with Crippen LogP contribution in [0.3, 0.4) is 0 Å². The second kappa shape index (κ2) is 3.95. The fourth-order valence-electron chi connectivity index (χ4n) is 1.88. The molecular formula is C10H13NO4S. The smallest absolute Gasteiger partial charge is 0.294 e. The van der Waals surface area contributed by atoms with Crippen LogP contribution < -0.4 is 4.90 Å². The predicted octanol–water partition coefficient (Wildman–Crippen LogP) is 1.24. The summed E-state index contributed by atoms with van der Waals surface area (Å²) in [5.41, 5.74) is 0.465. The lowest BCUT2D eigenvalue weighted by Gasteiger charge is -2.19. The number of nitrogens with zero attached hydrogens (tertiary/aromatic N) is 1. The highest BCUT2D eigenvalue weighted by atomic mass is 32.2. The van der Waals surface area contributed by atoms with Gasteiger partial charge in [-0.2, -0.15) is 8.42 Å². The summed E-state index contributed by atoms with van der Waals surface area (Å²) in [5, 5.41) is 9.64. The van der Waals surface area contributed by atoms with Gasteiger partial charge in [-0.15, -0.1) is 0 Å². The van der Waals surface area contributed by atoms with Crippen LogP contribution in [0.15, 0.2) is 23.1 Å². The Hall–Kier alpha value is -1.27. The number of anilines is 1. The summed E-state index contributed by atoms with van der Waals surface area (Å²) in [6.45, 7) is 1.59. The Labute approximate surface area is 94.1 Å². The van der Waals surface area contributed by atoms with Gasteiger partial charge in [0.25, 0.3) is 10.1 Å². The molecule has 0 amide bonds. The zero-order valence-corrected chi connectivity index (χ0v) is 9.44. The summed E-state index contributed by atoms with van der Waals surface area (Å²) < 4.78 is 30.9. The highest BCUT2D eigenvalue weighted by Crippen LogP contribution is 2.32. The summed E-state index contributed by atoms with van der Waals surface area (Å²) in [6.07, 6.45) is 2.05. The average molecular weight is 243 g/mol. The maximum absolute atomic E-state index is 11.0. The van der Waals surface area contributed by atoms with Crippen molar-refractivity contribution < 1.29 is 18.1 Å². The Morgan fingerprint density at radius 2 is 1.81 bits per heavy atom. The van der Waals surface area contributed by atoms with Crippen molar-refractivity contribution in [3.05, 3.63) is 18.2 Å². The Bertz CT molecular complexity index is 492. The molecule has 0 radical (unpaired) electrons. The van der Waals surface area contributed by atoms with Gasteiger partial charge < -0.3 is 10.0 Å². The van der Waals surface area contributed by atoms with Gasteiger partial charge in [-0.1, -0.05) is 0 Å². The molecule has 0 unspecified atom stereocenters. The van der Waals surface area contributed by atoms with Crippen molar-refractivity contribution in [2.24, 2.45) is 0 Å². The number of hydrogen-bond donors (Lipinski definition) is 2. The van der Waals surface area contributed by atoms with E-state index in [4.69, 9.17) is 4.55 Å². The third-order valence-electron chi connectivity index (χ3n) is 2.69. The third-order valence-corrected chi connectivity index (χ3v) is 3.54. The first kappa shape index (κ1) is 11.2. The monoisotopic (exact) mass is 243 g/mol. The molecule has 2 N–H and O–H groups in total. The molecule has 6 heteroatoms. The van der Waals surface area contributed by atoms with Gasteiger partial charge in [0.1, 0.15) is 5.75 Å². The summed E-state index contributed by atoms with van der Waals surface area (Å²) in [6, 6.07) is 3.77. The molecule has 0 saturated carbocycles. The molecule has 16 heavy (non-hydrogen) atoms. The van der Waals surface area contributed by atoms with E-state index in [1.807, 2.05) is 4.90 Å². The number of aromatic hydroxyl groups is 1. The topological polar surface area (TPSA) is 77.8 Å². The fraction of sp³-hybridized carbons (Fsp3) is 0.400. The zero-order valence-electron chi connectivity index (χ0n) is 8.63. The highest BCUT2D eigenvalue weighted by Gasteiger charge is 2.19. The fourth-order valence-corrected chi connectivity index (χ4v) is 2.38. The summed E-state index contributed by atoms with van der Waals surface area (Å²) in [7, 11) is -4.21. The molecule has 88 valence electrons. The Balaban J connectivity index is 2.44. The minimum absolute atomic E-state index is 0.0364. The highest BCUT2D eigenvalue weighted by molar-refractivity contribution is 7.85. The lowest BCUT2D eigenvalue weighted by molar-refractivity contribution is 0.472. The lowest BCUT2D eigenvalue weighted by Crippen LogP contribution is -2.18. The van der Waals surface area contributed by atoms with Gasteiger partial charge in [-0.25, -0.2) is 0 Å². The van der Waals surface area contributed by atoms with Gasteiger partial charge >= 0.3 is 0 Å². The summed E-state index contributed by atoms with van der Waals surface area (Å²) >= 11 is 0. The van der Waals surface area contributed by atoms with Gasteiger partial charge in [-0.3, -0.25) is 4.55 Å². The summed E-state index contributed by atoms with van der Waals surface area (Å²) in [4.78, 5) is 1.72. The molecule has 1 aromatic carbocycles. The minimum Gasteiger partial charge on any atom is -0.506 e. The van der Waals surface area contributed by atoms with Crippen LogP contribution in [0.2, 0.25) is 0 Å². The van der Waals surface area contributed by atoms with E-state index < -0.39 is 10.1 Å². The van der Waals surface area contributed by atoms with E-state index in [0.717, 1.165) is 25.9 Å². The van der Waals surface area contributed by atoms with Crippen LogP contribution in [0, 0.1) is 0 Å². The first-order chi connectivity index (χ1) is 7.48. The standard InChI is InChI=1S/C10H13NO4S/c12-10-4-3-8(16(13,14)15)7-9(10)11-5-1-2-6-11/h3-4,7,12H,1-2,5-6H2,(H,13,14,15). The largest absolute Gasteiger partial charge is 0.506 e. The van der Waals surface area contributed by atoms with Crippen molar-refractivity contribution in [3.8, 4) is 5.75 Å². The number of phenolic OH excluding ortho intramolecular Hbond substituents is 1. The van der Waals surface area contributed by atoms with Crippen molar-refractivity contribution in [1.29, 1.82) is 0 Å². The quantitative estimate of drug-likeness (QED) is 0.764. The van der Waals surface area contributed by atoms with E-state index in [1.165, 1.54) is 18.2 Å². The second-order valence-corrected chi connectivity index (χ2v) is 5.24. The first-order valence-corrected chi connectivity index (χ1v) is 6.48. The molecule has 0 atom stereocenters. The maximum atomic E-state index is 11.0. The van der Waals surface area contributed by atoms with E-state index in [2.05, 4.69) is 0 Å². The third kappa shape index (κ3) is 2.12. The second-order valence-electron chi connectivity index (χ2n) is 3.82. The molecular weight excluding hydrogens is 230 g/mol. The van der Waals surface area contributed by atoms with Gasteiger partial charge in [-0.05, 0) is 31.0 Å². The van der Waals surface area contributed by atoms with Gasteiger partial charge in [0, 0.05) is 13.1 Å². The molecule has 0 aliphatic carbocycles. The van der Waals surface area contributed by atoms with Crippen LogP contribution in [0.25, 0.3) is 0 Å². The molecule has 5 nitrogen and oxygen atoms in total. The van der Waals surface area contributed by atoms with E-state index in [9.17, 15) is 13.5 Å². The van der Waals surface area contributed by atoms with E-state index >= 15 is 0 Å². The minimum atomic E-state index is -4.21. The summed E-state index contributed by atoms with van der Waals surface area (Å²) in [5.74, 6) is 0.0364. The van der Waals surface area contributed by atoms with Crippen molar-refractivity contribution in [1.82, 2.24) is 0 Å². The Morgan fingerprint density at radius 1 is 1.19 bits per heavy atom. The van der Waals surface area contributed by atoms with Crippen molar-refractivity contribution in [2.75, 3.05) is 18.0 Å². The van der Waals surface area contributed by atoms with Gasteiger partial charge in [0.2, 0.25) is 0 Å². The van der Waals surface area contributed by atoms with Crippen LogP contribution in [0.4, 0.5) is 5.69 Å².